The maximum Gasteiger partial charge on any atom is 0.262 e. The Morgan fingerprint density at radius 1 is 0.933 bits per heavy atom. The molecule has 0 unspecified atom stereocenters. The molecule has 4 nitrogen and oxygen atoms in total. The maximum atomic E-state index is 12.3. The fraction of sp³-hybridized carbons (Fsp3) is 0.231. The van der Waals surface area contributed by atoms with Crippen molar-refractivity contribution in [2.75, 3.05) is 5.32 Å². The topological polar surface area (TPSA) is 53.5 Å². The van der Waals surface area contributed by atoms with Crippen molar-refractivity contribution >= 4 is 34.7 Å². The van der Waals surface area contributed by atoms with Crippen LogP contribution in [-0.2, 0) is 4.79 Å². The number of allylic oxidation sites excluding steroid dienone is 1. The summed E-state index contributed by atoms with van der Waals surface area (Å²) in [6.45, 7) is 8.14. The lowest BCUT2D eigenvalue weighted by atomic mass is 10.0. The molecule has 0 aliphatic heterocycles. The monoisotopic (exact) mass is 399 g/mol. The molecular formula is C26H29N3O. The van der Waals surface area contributed by atoms with Crippen molar-refractivity contribution in [3.63, 3.8) is 0 Å². The molecule has 0 saturated carbocycles. The summed E-state index contributed by atoms with van der Waals surface area (Å²) in [5.41, 5.74) is 6.90. The highest BCUT2D eigenvalue weighted by Crippen LogP contribution is 2.19. The number of nitrogens with zero attached hydrogens (tertiary/aromatic N) is 1. The zero-order valence-electron chi connectivity index (χ0n) is 18.0. The minimum absolute atomic E-state index is 0.187. The van der Waals surface area contributed by atoms with E-state index in [4.69, 9.17) is 0 Å². The first-order valence-corrected chi connectivity index (χ1v) is 10.3. The second-order valence-electron chi connectivity index (χ2n) is 7.87. The minimum atomic E-state index is -0.406. The van der Waals surface area contributed by atoms with Gasteiger partial charge in [-0.1, -0.05) is 74.5 Å². The molecule has 1 amide bonds. The number of hydrogen-bond acceptors (Lipinski definition) is 3. The van der Waals surface area contributed by atoms with Crippen molar-refractivity contribution in [1.29, 1.82) is 0 Å². The van der Waals surface area contributed by atoms with E-state index in [-0.39, 0.29) is 5.91 Å². The van der Waals surface area contributed by atoms with E-state index in [1.165, 1.54) is 10.9 Å². The third kappa shape index (κ3) is 5.80. The van der Waals surface area contributed by atoms with Crippen LogP contribution in [0.5, 0.6) is 0 Å². The van der Waals surface area contributed by atoms with Gasteiger partial charge in [0.25, 0.3) is 5.91 Å². The van der Waals surface area contributed by atoms with Crippen molar-refractivity contribution in [1.82, 2.24) is 5.43 Å². The van der Waals surface area contributed by atoms with E-state index in [0.717, 1.165) is 22.2 Å². The number of amides is 1. The number of carbonyl (C=O) groups excluding carboxylic acids is 1. The number of hydrogen-bond donors (Lipinski definition) is 2. The molecule has 0 aromatic heterocycles. The first kappa shape index (κ1) is 21.3. The van der Waals surface area contributed by atoms with Crippen LogP contribution in [0.2, 0.25) is 0 Å². The second-order valence-corrected chi connectivity index (χ2v) is 7.87. The molecule has 0 fully saturated rings. The van der Waals surface area contributed by atoms with Crippen molar-refractivity contribution < 1.29 is 4.79 Å². The molecule has 3 aromatic carbocycles. The van der Waals surface area contributed by atoms with Crippen LogP contribution < -0.4 is 10.7 Å². The first-order valence-electron chi connectivity index (χ1n) is 10.3. The Labute approximate surface area is 178 Å². The predicted octanol–water partition coefficient (Wildman–Crippen LogP) is 5.97. The van der Waals surface area contributed by atoms with Gasteiger partial charge in [-0.05, 0) is 59.4 Å². The van der Waals surface area contributed by atoms with Crippen LogP contribution in [0, 0.1) is 0 Å². The average Bonchev–Trinajstić information content (AvgIpc) is 2.74. The molecule has 0 heterocycles. The van der Waals surface area contributed by atoms with Crippen molar-refractivity contribution in [2.24, 2.45) is 5.10 Å². The third-order valence-electron chi connectivity index (χ3n) is 4.97. The average molecular weight is 400 g/mol. The molecule has 30 heavy (non-hydrogen) atoms. The van der Waals surface area contributed by atoms with Crippen LogP contribution >= 0.6 is 0 Å². The van der Waals surface area contributed by atoms with Crippen LogP contribution in [0.1, 0.15) is 44.7 Å². The summed E-state index contributed by atoms with van der Waals surface area (Å²) in [6.07, 6.45) is 3.70. The van der Waals surface area contributed by atoms with Crippen molar-refractivity contribution in [3.8, 4) is 0 Å². The number of benzene rings is 3. The van der Waals surface area contributed by atoms with Gasteiger partial charge in [0.2, 0.25) is 0 Å². The minimum Gasteiger partial charge on any atom is -0.374 e. The molecule has 3 aromatic rings. The van der Waals surface area contributed by atoms with E-state index < -0.39 is 6.04 Å². The Bertz CT molecular complexity index is 1070. The summed E-state index contributed by atoms with van der Waals surface area (Å²) in [5.74, 6) is 0.333. The number of hydrazone groups is 1. The van der Waals surface area contributed by atoms with Crippen LogP contribution in [0.25, 0.3) is 16.8 Å². The van der Waals surface area contributed by atoms with Crippen molar-refractivity contribution in [3.05, 3.63) is 83.4 Å². The highest BCUT2D eigenvalue weighted by molar-refractivity contribution is 5.89. The standard InChI is InChI=1S/C26H29N3O/c1-18(2)22-11-9-21(10-12-22)15-19(3)17-27-29-26(30)20(4)28-25-14-13-23-7-5-6-8-24(23)16-25/h5-18,20,28H,1-4H3,(H,29,30)/b19-15-,27-17?/t20-/m0/s1. The van der Waals surface area contributed by atoms with E-state index in [1.54, 1.807) is 6.21 Å². The van der Waals surface area contributed by atoms with Gasteiger partial charge in [0.15, 0.2) is 0 Å². The molecule has 2 N–H and O–H groups in total. The number of carbonyl (C=O) groups is 1. The fourth-order valence-electron chi connectivity index (χ4n) is 3.17. The Hall–Kier alpha value is -3.40. The third-order valence-corrected chi connectivity index (χ3v) is 4.97. The quantitative estimate of drug-likeness (QED) is 0.380. The lowest BCUT2D eigenvalue weighted by Crippen LogP contribution is -2.34. The lowest BCUT2D eigenvalue weighted by molar-refractivity contribution is -0.121. The zero-order valence-corrected chi connectivity index (χ0v) is 18.0. The van der Waals surface area contributed by atoms with Gasteiger partial charge in [-0.15, -0.1) is 0 Å². The highest BCUT2D eigenvalue weighted by atomic mass is 16.2. The van der Waals surface area contributed by atoms with Crippen molar-refractivity contribution in [2.45, 2.75) is 39.7 Å². The Morgan fingerprint density at radius 3 is 2.33 bits per heavy atom. The first-order chi connectivity index (χ1) is 14.4. The molecule has 154 valence electrons. The van der Waals surface area contributed by atoms with Gasteiger partial charge in [0.1, 0.15) is 6.04 Å². The van der Waals surface area contributed by atoms with Crippen LogP contribution in [0.3, 0.4) is 0 Å². The molecule has 1 atom stereocenters. The Morgan fingerprint density at radius 2 is 1.63 bits per heavy atom. The molecular weight excluding hydrogens is 370 g/mol. The molecule has 4 heteroatoms. The number of nitrogens with one attached hydrogen (secondary N) is 2. The van der Waals surface area contributed by atoms with E-state index in [1.807, 2.05) is 50.3 Å². The van der Waals surface area contributed by atoms with E-state index in [9.17, 15) is 4.79 Å². The van der Waals surface area contributed by atoms with Gasteiger partial charge in [-0.25, -0.2) is 5.43 Å². The van der Waals surface area contributed by atoms with Gasteiger partial charge >= 0.3 is 0 Å². The number of anilines is 1. The number of rotatable bonds is 7. The molecule has 0 radical (unpaired) electrons. The largest absolute Gasteiger partial charge is 0.374 e. The Balaban J connectivity index is 1.54. The summed E-state index contributed by atoms with van der Waals surface area (Å²) in [6, 6.07) is 22.3. The van der Waals surface area contributed by atoms with E-state index in [2.05, 4.69) is 66.1 Å². The molecule has 0 aliphatic carbocycles. The van der Waals surface area contributed by atoms with Gasteiger partial charge in [-0.3, -0.25) is 4.79 Å². The van der Waals surface area contributed by atoms with Gasteiger partial charge < -0.3 is 5.32 Å². The second kappa shape index (κ2) is 9.88. The molecule has 0 aliphatic rings. The van der Waals surface area contributed by atoms with E-state index in [0.29, 0.717) is 5.92 Å². The fourth-order valence-corrected chi connectivity index (χ4v) is 3.17. The summed E-state index contributed by atoms with van der Waals surface area (Å²) in [5, 5.41) is 9.63. The molecule has 0 bridgehead atoms. The van der Waals surface area contributed by atoms with Crippen LogP contribution in [0.15, 0.2) is 77.4 Å². The Kier molecular flexibility index (Phi) is 7.02. The molecule has 0 saturated heterocycles. The number of fused-ring (bicyclic) bond motifs is 1. The summed E-state index contributed by atoms with van der Waals surface area (Å²) in [4.78, 5) is 12.3. The zero-order chi connectivity index (χ0) is 21.5. The summed E-state index contributed by atoms with van der Waals surface area (Å²) >= 11 is 0. The molecule has 3 rings (SSSR count). The predicted molar refractivity (Wildman–Crippen MR) is 128 cm³/mol. The van der Waals surface area contributed by atoms with Crippen LogP contribution in [-0.4, -0.2) is 18.2 Å². The summed E-state index contributed by atoms with van der Waals surface area (Å²) < 4.78 is 0. The SMILES string of the molecule is C/C(C=NNC(=O)[C@H](C)Nc1ccc2ccccc2c1)=C/c1ccc(C(C)C)cc1. The van der Waals surface area contributed by atoms with Gasteiger partial charge in [0.05, 0.1) is 6.21 Å². The smallest absolute Gasteiger partial charge is 0.262 e. The van der Waals surface area contributed by atoms with Gasteiger partial charge in [-0.2, -0.15) is 5.10 Å². The van der Waals surface area contributed by atoms with Gasteiger partial charge in [0, 0.05) is 5.69 Å². The normalized spacial score (nSPS) is 13.0. The lowest BCUT2D eigenvalue weighted by Gasteiger charge is -2.14. The van der Waals surface area contributed by atoms with Crippen LogP contribution in [0.4, 0.5) is 5.69 Å². The summed E-state index contributed by atoms with van der Waals surface area (Å²) in [7, 11) is 0. The highest BCUT2D eigenvalue weighted by Gasteiger charge is 2.11. The maximum absolute atomic E-state index is 12.3. The molecule has 0 spiro atoms. The van der Waals surface area contributed by atoms with E-state index >= 15 is 0 Å².